The van der Waals surface area contributed by atoms with Crippen LogP contribution < -0.4 is 10.2 Å². The zero-order chi connectivity index (χ0) is 25.2. The van der Waals surface area contributed by atoms with Crippen LogP contribution in [-0.4, -0.2) is 20.0 Å². The molecular formula is C31H26Br2N2O. The fraction of sp³-hybridized carbons (Fsp3) is 0.194. The van der Waals surface area contributed by atoms with Gasteiger partial charge in [-0.25, -0.2) is 0 Å². The molecule has 180 valence electrons. The van der Waals surface area contributed by atoms with E-state index in [1.807, 2.05) is 6.07 Å². The zero-order valence-electron chi connectivity index (χ0n) is 20.4. The molecule has 0 fully saturated rings. The number of amides is 1. The summed E-state index contributed by atoms with van der Waals surface area (Å²) in [5.41, 5.74) is 7.35. The third-order valence-electron chi connectivity index (χ3n) is 7.82. The van der Waals surface area contributed by atoms with E-state index in [1.54, 1.807) is 0 Å². The number of nitrogens with zero attached hydrogens (tertiary/aromatic N) is 1. The van der Waals surface area contributed by atoms with Crippen LogP contribution in [0.3, 0.4) is 0 Å². The number of nitrogens with one attached hydrogen (secondary N) is 1. The lowest BCUT2D eigenvalue weighted by atomic mass is 9.65. The lowest BCUT2D eigenvalue weighted by molar-refractivity contribution is -0.118. The molecule has 4 aromatic rings. The Morgan fingerprint density at radius 1 is 0.944 bits per heavy atom. The Hall–Kier alpha value is -2.89. The summed E-state index contributed by atoms with van der Waals surface area (Å²) in [5, 5.41) is 5.67. The molecule has 4 aromatic carbocycles. The molecule has 5 heteroatoms. The van der Waals surface area contributed by atoms with E-state index in [1.165, 1.54) is 33.2 Å². The van der Waals surface area contributed by atoms with Crippen molar-refractivity contribution in [2.45, 2.75) is 24.7 Å². The topological polar surface area (TPSA) is 32.3 Å². The molecule has 0 spiro atoms. The number of carbonyl (C=O) groups excluding carboxylic acids is 1. The van der Waals surface area contributed by atoms with Crippen LogP contribution >= 0.6 is 31.9 Å². The average Bonchev–Trinajstić information content (AvgIpc) is 3.41. The molecule has 2 aliphatic rings. The Bertz CT molecular complexity index is 1590. The van der Waals surface area contributed by atoms with Gasteiger partial charge >= 0.3 is 0 Å². The molecule has 0 aromatic heterocycles. The van der Waals surface area contributed by atoms with Gasteiger partial charge in [-0.2, -0.15) is 0 Å². The monoisotopic (exact) mass is 600 g/mol. The molecule has 1 heterocycles. The van der Waals surface area contributed by atoms with E-state index in [9.17, 15) is 4.79 Å². The second-order valence-electron chi connectivity index (χ2n) is 10.00. The highest BCUT2D eigenvalue weighted by Gasteiger charge is 2.51. The van der Waals surface area contributed by atoms with E-state index in [0.717, 1.165) is 32.2 Å². The summed E-state index contributed by atoms with van der Waals surface area (Å²) >= 11 is 7.43. The Morgan fingerprint density at radius 3 is 2.44 bits per heavy atom. The molecule has 6 rings (SSSR count). The molecule has 1 amide bonds. The summed E-state index contributed by atoms with van der Waals surface area (Å²) in [6, 6.07) is 23.6. The van der Waals surface area contributed by atoms with Gasteiger partial charge in [-0.05, 0) is 74.6 Å². The van der Waals surface area contributed by atoms with Gasteiger partial charge in [0.2, 0.25) is 5.91 Å². The molecule has 2 unspecified atom stereocenters. The van der Waals surface area contributed by atoms with Crippen molar-refractivity contribution in [3.8, 4) is 0 Å². The van der Waals surface area contributed by atoms with Crippen molar-refractivity contribution in [2.75, 3.05) is 24.3 Å². The SMILES string of the molecule is Cc1c(Br)cc(Br)c2c1C(C1(Cc3ccc(N(C)C)c4ccccc34)C=Cc3ccccc31)C(=O)N2. The van der Waals surface area contributed by atoms with Gasteiger partial charge in [-0.1, -0.05) is 82.7 Å². The van der Waals surface area contributed by atoms with Crippen molar-refractivity contribution < 1.29 is 4.79 Å². The number of carbonyl (C=O) groups is 1. The minimum absolute atomic E-state index is 0.0440. The standard InChI is InChI=1S/C31H26Br2N2O/c1-18-24(32)16-25(33)29-27(18)28(30(36)34-29)31(15-14-19-8-4-7-11-23(19)31)17-20-12-13-26(35(2)3)22-10-6-5-9-21(20)22/h4-16,28H,17H2,1-3H3,(H,34,36). The van der Waals surface area contributed by atoms with Gasteiger partial charge in [0.05, 0.1) is 11.6 Å². The van der Waals surface area contributed by atoms with E-state index in [-0.39, 0.29) is 11.8 Å². The van der Waals surface area contributed by atoms with Crippen LogP contribution in [0.4, 0.5) is 11.4 Å². The van der Waals surface area contributed by atoms with Crippen LogP contribution in [0.15, 0.2) is 81.8 Å². The van der Waals surface area contributed by atoms with Gasteiger partial charge in [-0.3, -0.25) is 4.79 Å². The van der Waals surface area contributed by atoms with E-state index in [4.69, 9.17) is 0 Å². The molecule has 1 aliphatic heterocycles. The summed E-state index contributed by atoms with van der Waals surface area (Å²) < 4.78 is 1.90. The van der Waals surface area contributed by atoms with Crippen molar-refractivity contribution in [3.05, 3.63) is 110 Å². The largest absolute Gasteiger partial charge is 0.377 e. The third-order valence-corrected chi connectivity index (χ3v) is 9.27. The second-order valence-corrected chi connectivity index (χ2v) is 11.7. The van der Waals surface area contributed by atoms with E-state index < -0.39 is 5.41 Å². The van der Waals surface area contributed by atoms with Gasteiger partial charge in [-0.15, -0.1) is 0 Å². The van der Waals surface area contributed by atoms with Gasteiger partial charge in [0, 0.05) is 39.5 Å². The third kappa shape index (κ3) is 3.40. The smallest absolute Gasteiger partial charge is 0.233 e. The van der Waals surface area contributed by atoms with Crippen LogP contribution in [0.2, 0.25) is 0 Å². The predicted molar refractivity (Wildman–Crippen MR) is 157 cm³/mol. The fourth-order valence-corrected chi connectivity index (χ4v) is 7.44. The Balaban J connectivity index is 1.61. The minimum atomic E-state index is -0.515. The lowest BCUT2D eigenvalue weighted by Gasteiger charge is -2.36. The number of hydrogen-bond donors (Lipinski definition) is 1. The molecule has 2 atom stereocenters. The summed E-state index contributed by atoms with van der Waals surface area (Å²) in [5.74, 6) is -0.309. The maximum absolute atomic E-state index is 13.9. The quantitative estimate of drug-likeness (QED) is 0.257. The predicted octanol–water partition coefficient (Wildman–Crippen LogP) is 7.98. The summed E-state index contributed by atoms with van der Waals surface area (Å²) in [7, 11) is 4.16. The Morgan fingerprint density at radius 2 is 1.67 bits per heavy atom. The maximum Gasteiger partial charge on any atom is 0.233 e. The fourth-order valence-electron chi connectivity index (χ4n) is 6.15. The normalized spacial score (nSPS) is 19.9. The highest BCUT2D eigenvalue weighted by Crippen LogP contribution is 2.55. The Labute approximate surface area is 228 Å². The van der Waals surface area contributed by atoms with Crippen LogP contribution in [0.25, 0.3) is 16.8 Å². The van der Waals surface area contributed by atoms with Crippen LogP contribution in [0.1, 0.15) is 33.7 Å². The zero-order valence-corrected chi connectivity index (χ0v) is 23.6. The number of anilines is 2. The first-order chi connectivity index (χ1) is 17.3. The summed E-state index contributed by atoms with van der Waals surface area (Å²) in [6.45, 7) is 2.10. The molecule has 0 radical (unpaired) electrons. The van der Waals surface area contributed by atoms with Crippen molar-refractivity contribution in [1.29, 1.82) is 0 Å². The first-order valence-corrected chi connectivity index (χ1v) is 13.7. The van der Waals surface area contributed by atoms with Crippen LogP contribution in [-0.2, 0) is 16.6 Å². The summed E-state index contributed by atoms with van der Waals surface area (Å²) in [6.07, 6.45) is 5.19. The van der Waals surface area contributed by atoms with Gasteiger partial charge < -0.3 is 10.2 Å². The molecule has 36 heavy (non-hydrogen) atoms. The molecule has 0 bridgehead atoms. The number of halogens is 2. The van der Waals surface area contributed by atoms with E-state index in [0.29, 0.717) is 0 Å². The molecular weight excluding hydrogens is 576 g/mol. The van der Waals surface area contributed by atoms with Gasteiger partial charge in [0.1, 0.15) is 0 Å². The van der Waals surface area contributed by atoms with Crippen molar-refractivity contribution in [2.24, 2.45) is 0 Å². The second kappa shape index (κ2) is 8.60. The number of fused-ring (bicyclic) bond motifs is 3. The van der Waals surface area contributed by atoms with Crippen molar-refractivity contribution in [1.82, 2.24) is 0 Å². The Kier molecular flexibility index (Phi) is 5.62. The number of allylic oxidation sites excluding steroid dienone is 1. The first kappa shape index (κ1) is 23.5. The van der Waals surface area contributed by atoms with Crippen LogP contribution in [0, 0.1) is 6.92 Å². The maximum atomic E-state index is 13.9. The molecule has 1 aliphatic carbocycles. The van der Waals surface area contributed by atoms with Gasteiger partial charge in [0.15, 0.2) is 0 Å². The number of benzene rings is 4. The molecule has 1 N–H and O–H groups in total. The highest BCUT2D eigenvalue weighted by molar-refractivity contribution is 9.11. The number of rotatable bonds is 4. The number of hydrogen-bond acceptors (Lipinski definition) is 2. The highest BCUT2D eigenvalue weighted by atomic mass is 79.9. The van der Waals surface area contributed by atoms with Gasteiger partial charge in [0.25, 0.3) is 0 Å². The average molecular weight is 602 g/mol. The van der Waals surface area contributed by atoms with Crippen LogP contribution in [0.5, 0.6) is 0 Å². The summed E-state index contributed by atoms with van der Waals surface area (Å²) in [4.78, 5) is 16.0. The van der Waals surface area contributed by atoms with Crippen molar-refractivity contribution >= 4 is 66.0 Å². The molecule has 3 nitrogen and oxygen atoms in total. The minimum Gasteiger partial charge on any atom is -0.377 e. The van der Waals surface area contributed by atoms with E-state index >= 15 is 0 Å². The van der Waals surface area contributed by atoms with E-state index in [2.05, 4.69) is 136 Å². The lowest BCUT2D eigenvalue weighted by Crippen LogP contribution is -2.37. The molecule has 0 saturated heterocycles. The van der Waals surface area contributed by atoms with Crippen molar-refractivity contribution in [3.63, 3.8) is 0 Å². The first-order valence-electron chi connectivity index (χ1n) is 12.1. The molecule has 0 saturated carbocycles.